The van der Waals surface area contributed by atoms with Crippen LogP contribution in [0.4, 0.5) is 0 Å². The minimum Gasteiger partial charge on any atom is -0.380 e. The van der Waals surface area contributed by atoms with Crippen LogP contribution in [-0.4, -0.2) is 44.8 Å². The number of halogens is 1. The molecule has 3 nitrogen and oxygen atoms in total. The van der Waals surface area contributed by atoms with Crippen LogP contribution in [0.25, 0.3) is 0 Å². The summed E-state index contributed by atoms with van der Waals surface area (Å²) in [5.74, 6) is 0. The second-order valence-corrected chi connectivity index (χ2v) is 5.86. The van der Waals surface area contributed by atoms with Crippen LogP contribution in [-0.2, 0) is 4.74 Å². The lowest BCUT2D eigenvalue weighted by Gasteiger charge is -2.25. The lowest BCUT2D eigenvalue weighted by Crippen LogP contribution is -2.32. The SMILES string of the molecule is CCCCOCCNCCN(C)C(C)c1cccc(Cl)c1. The number of nitrogens with zero attached hydrogens (tertiary/aromatic N) is 1. The monoisotopic (exact) mass is 312 g/mol. The van der Waals surface area contributed by atoms with Crippen LogP contribution in [0.3, 0.4) is 0 Å². The molecule has 0 bridgehead atoms. The Morgan fingerprint density at radius 3 is 2.81 bits per heavy atom. The molecule has 0 heterocycles. The van der Waals surface area contributed by atoms with Crippen LogP contribution in [0.1, 0.15) is 38.3 Å². The average Bonchev–Trinajstić information content (AvgIpc) is 2.49. The molecule has 1 unspecified atom stereocenters. The molecule has 1 N–H and O–H groups in total. The molecule has 0 saturated heterocycles. The molecule has 0 radical (unpaired) electrons. The summed E-state index contributed by atoms with van der Waals surface area (Å²) in [6.45, 7) is 8.96. The first-order chi connectivity index (χ1) is 10.1. The molecule has 1 aromatic carbocycles. The van der Waals surface area contributed by atoms with Gasteiger partial charge in [0, 0.05) is 37.3 Å². The Kier molecular flexibility index (Phi) is 9.68. The summed E-state index contributed by atoms with van der Waals surface area (Å²) < 4.78 is 5.52. The van der Waals surface area contributed by atoms with Crippen LogP contribution in [0.5, 0.6) is 0 Å². The van der Waals surface area contributed by atoms with E-state index >= 15 is 0 Å². The number of likely N-dealkylation sites (N-methyl/N-ethyl adjacent to an activating group) is 1. The van der Waals surface area contributed by atoms with Crippen LogP contribution in [0, 0.1) is 0 Å². The van der Waals surface area contributed by atoms with E-state index in [0.29, 0.717) is 6.04 Å². The standard InChI is InChI=1S/C17H29ClN2O/c1-4-5-12-21-13-10-19-9-11-20(3)15(2)16-7-6-8-17(18)14-16/h6-8,14-15,19H,4-5,9-13H2,1-3H3. The highest BCUT2D eigenvalue weighted by atomic mass is 35.5. The molecular weight excluding hydrogens is 284 g/mol. The predicted octanol–water partition coefficient (Wildman–Crippen LogP) is 3.74. The summed E-state index contributed by atoms with van der Waals surface area (Å²) >= 11 is 6.05. The summed E-state index contributed by atoms with van der Waals surface area (Å²) in [6, 6.07) is 8.46. The second kappa shape index (κ2) is 11.0. The van der Waals surface area contributed by atoms with E-state index in [-0.39, 0.29) is 0 Å². The fraction of sp³-hybridized carbons (Fsp3) is 0.647. The lowest BCUT2D eigenvalue weighted by molar-refractivity contribution is 0.132. The molecule has 0 amide bonds. The number of nitrogens with one attached hydrogen (secondary N) is 1. The van der Waals surface area contributed by atoms with Gasteiger partial charge < -0.3 is 10.1 Å². The first kappa shape index (κ1) is 18.4. The van der Waals surface area contributed by atoms with Gasteiger partial charge in [-0.3, -0.25) is 4.90 Å². The van der Waals surface area contributed by atoms with Crippen molar-refractivity contribution in [1.29, 1.82) is 0 Å². The van der Waals surface area contributed by atoms with E-state index in [9.17, 15) is 0 Å². The second-order valence-electron chi connectivity index (χ2n) is 5.43. The highest BCUT2D eigenvalue weighted by Crippen LogP contribution is 2.21. The molecule has 0 fully saturated rings. The van der Waals surface area contributed by atoms with E-state index in [1.54, 1.807) is 0 Å². The Labute approximate surface area is 134 Å². The summed E-state index contributed by atoms with van der Waals surface area (Å²) in [5.41, 5.74) is 1.26. The van der Waals surface area contributed by atoms with E-state index in [2.05, 4.69) is 37.2 Å². The Morgan fingerprint density at radius 2 is 2.10 bits per heavy atom. The third-order valence-electron chi connectivity index (χ3n) is 3.70. The van der Waals surface area contributed by atoms with Gasteiger partial charge in [-0.2, -0.15) is 0 Å². The maximum Gasteiger partial charge on any atom is 0.0590 e. The number of benzene rings is 1. The highest BCUT2D eigenvalue weighted by molar-refractivity contribution is 6.30. The average molecular weight is 313 g/mol. The third-order valence-corrected chi connectivity index (χ3v) is 3.93. The van der Waals surface area contributed by atoms with E-state index < -0.39 is 0 Å². The van der Waals surface area contributed by atoms with Crippen molar-refractivity contribution in [3.8, 4) is 0 Å². The molecule has 0 spiro atoms. The molecule has 4 heteroatoms. The van der Waals surface area contributed by atoms with Gasteiger partial charge in [0.25, 0.3) is 0 Å². The number of hydrogen-bond donors (Lipinski definition) is 1. The number of unbranched alkanes of at least 4 members (excludes halogenated alkanes) is 1. The fourth-order valence-electron chi connectivity index (χ4n) is 2.09. The van der Waals surface area contributed by atoms with Gasteiger partial charge in [0.05, 0.1) is 6.61 Å². The first-order valence-corrected chi connectivity index (χ1v) is 8.27. The van der Waals surface area contributed by atoms with Crippen LogP contribution < -0.4 is 5.32 Å². The smallest absolute Gasteiger partial charge is 0.0590 e. The van der Waals surface area contributed by atoms with E-state index in [0.717, 1.165) is 44.3 Å². The van der Waals surface area contributed by atoms with Gasteiger partial charge in [0.15, 0.2) is 0 Å². The molecule has 0 aromatic heterocycles. The Bertz CT molecular complexity index is 387. The highest BCUT2D eigenvalue weighted by Gasteiger charge is 2.11. The zero-order valence-corrected chi connectivity index (χ0v) is 14.3. The molecule has 1 aromatic rings. The molecule has 0 aliphatic carbocycles. The Morgan fingerprint density at radius 1 is 1.29 bits per heavy atom. The van der Waals surface area contributed by atoms with E-state index in [4.69, 9.17) is 16.3 Å². The molecule has 0 aliphatic rings. The van der Waals surface area contributed by atoms with Crippen LogP contribution in [0.15, 0.2) is 24.3 Å². The zero-order valence-electron chi connectivity index (χ0n) is 13.6. The Balaban J connectivity index is 2.14. The molecule has 1 rings (SSSR count). The van der Waals surface area contributed by atoms with Crippen molar-refractivity contribution < 1.29 is 4.74 Å². The number of hydrogen-bond acceptors (Lipinski definition) is 3. The molecule has 21 heavy (non-hydrogen) atoms. The van der Waals surface area contributed by atoms with E-state index in [1.807, 2.05) is 18.2 Å². The van der Waals surface area contributed by atoms with Gasteiger partial charge in [-0.15, -0.1) is 0 Å². The molecule has 1 atom stereocenters. The maximum absolute atomic E-state index is 6.05. The largest absolute Gasteiger partial charge is 0.380 e. The van der Waals surface area contributed by atoms with Gasteiger partial charge in [-0.25, -0.2) is 0 Å². The summed E-state index contributed by atoms with van der Waals surface area (Å²) in [6.07, 6.45) is 2.35. The van der Waals surface area contributed by atoms with Gasteiger partial charge in [-0.1, -0.05) is 37.1 Å². The topological polar surface area (TPSA) is 24.5 Å². The summed E-state index contributed by atoms with van der Waals surface area (Å²) in [4.78, 5) is 2.33. The number of ether oxygens (including phenoxy) is 1. The minimum absolute atomic E-state index is 0.367. The molecule has 0 saturated carbocycles. The van der Waals surface area contributed by atoms with Crippen molar-refractivity contribution in [3.63, 3.8) is 0 Å². The van der Waals surface area contributed by atoms with Crippen molar-refractivity contribution in [2.45, 2.75) is 32.7 Å². The van der Waals surface area contributed by atoms with Gasteiger partial charge in [-0.05, 0) is 38.1 Å². The summed E-state index contributed by atoms with van der Waals surface area (Å²) in [5, 5.41) is 4.22. The van der Waals surface area contributed by atoms with Crippen molar-refractivity contribution >= 4 is 11.6 Å². The van der Waals surface area contributed by atoms with Gasteiger partial charge in [0.1, 0.15) is 0 Å². The van der Waals surface area contributed by atoms with Crippen molar-refractivity contribution in [2.75, 3.05) is 39.9 Å². The predicted molar refractivity (Wildman–Crippen MR) is 91.1 cm³/mol. The molecular formula is C17H29ClN2O. The van der Waals surface area contributed by atoms with Crippen molar-refractivity contribution in [2.24, 2.45) is 0 Å². The Hall–Kier alpha value is -0.610. The van der Waals surface area contributed by atoms with Gasteiger partial charge >= 0.3 is 0 Å². The van der Waals surface area contributed by atoms with Crippen LogP contribution in [0.2, 0.25) is 5.02 Å². The third kappa shape index (κ3) is 7.82. The van der Waals surface area contributed by atoms with Crippen molar-refractivity contribution in [3.05, 3.63) is 34.9 Å². The van der Waals surface area contributed by atoms with E-state index in [1.165, 1.54) is 12.0 Å². The zero-order chi connectivity index (χ0) is 15.5. The molecule has 120 valence electrons. The van der Waals surface area contributed by atoms with Crippen LogP contribution >= 0.6 is 11.6 Å². The fourth-order valence-corrected chi connectivity index (χ4v) is 2.29. The number of rotatable bonds is 11. The van der Waals surface area contributed by atoms with Crippen molar-refractivity contribution in [1.82, 2.24) is 10.2 Å². The quantitative estimate of drug-likeness (QED) is 0.630. The summed E-state index contributed by atoms with van der Waals surface area (Å²) in [7, 11) is 2.14. The lowest BCUT2D eigenvalue weighted by atomic mass is 10.1. The molecule has 0 aliphatic heterocycles. The minimum atomic E-state index is 0.367. The van der Waals surface area contributed by atoms with Gasteiger partial charge in [0.2, 0.25) is 0 Å². The maximum atomic E-state index is 6.05. The normalized spacial score (nSPS) is 12.8. The first-order valence-electron chi connectivity index (χ1n) is 7.89.